The minimum absolute atomic E-state index is 0.867. The second-order valence-electron chi connectivity index (χ2n) is 5.84. The van der Waals surface area contributed by atoms with Crippen LogP contribution < -0.4 is 0 Å². The summed E-state index contributed by atoms with van der Waals surface area (Å²) >= 11 is 0. The van der Waals surface area contributed by atoms with Crippen LogP contribution in [0.3, 0.4) is 0 Å². The van der Waals surface area contributed by atoms with Crippen molar-refractivity contribution in [2.75, 3.05) is 7.05 Å². The van der Waals surface area contributed by atoms with Crippen LogP contribution in [0.4, 0.5) is 0 Å². The van der Waals surface area contributed by atoms with Gasteiger partial charge in [-0.2, -0.15) is 0 Å². The zero-order valence-corrected chi connectivity index (χ0v) is 9.58. The first-order chi connectivity index (χ1) is 6.79. The average Bonchev–Trinajstić information content (AvgIpc) is 2.47. The molecule has 0 aromatic carbocycles. The predicted molar refractivity (Wildman–Crippen MR) is 59.2 cm³/mol. The van der Waals surface area contributed by atoms with Gasteiger partial charge in [0.15, 0.2) is 0 Å². The molecule has 1 saturated heterocycles. The van der Waals surface area contributed by atoms with Crippen molar-refractivity contribution in [3.8, 4) is 0 Å². The van der Waals surface area contributed by atoms with E-state index in [1.807, 2.05) is 0 Å². The Morgan fingerprint density at radius 2 is 1.71 bits per heavy atom. The van der Waals surface area contributed by atoms with Crippen molar-refractivity contribution in [2.24, 2.45) is 17.8 Å². The molecule has 3 fully saturated rings. The second-order valence-corrected chi connectivity index (χ2v) is 5.84. The summed E-state index contributed by atoms with van der Waals surface area (Å²) in [7, 11) is 2.37. The van der Waals surface area contributed by atoms with Crippen LogP contribution in [0.1, 0.15) is 45.4 Å². The lowest BCUT2D eigenvalue weighted by atomic mass is 9.65. The second kappa shape index (κ2) is 3.23. The molecule has 1 nitrogen and oxygen atoms in total. The Morgan fingerprint density at radius 3 is 2.50 bits per heavy atom. The number of hydrogen-bond donors (Lipinski definition) is 0. The highest BCUT2D eigenvalue weighted by Crippen LogP contribution is 2.51. The van der Waals surface area contributed by atoms with Crippen LogP contribution in [-0.2, 0) is 0 Å². The Labute approximate surface area is 87.9 Å². The molecule has 3 aliphatic rings. The largest absolute Gasteiger partial charge is 0.300 e. The summed E-state index contributed by atoms with van der Waals surface area (Å²) in [6, 6.07) is 1.82. The van der Waals surface area contributed by atoms with E-state index in [0.29, 0.717) is 0 Å². The average molecular weight is 193 g/mol. The van der Waals surface area contributed by atoms with E-state index < -0.39 is 0 Å². The lowest BCUT2D eigenvalue weighted by molar-refractivity contribution is 0.105. The van der Waals surface area contributed by atoms with Gasteiger partial charge in [0.2, 0.25) is 0 Å². The van der Waals surface area contributed by atoms with Crippen molar-refractivity contribution in [3.63, 3.8) is 0 Å². The van der Waals surface area contributed by atoms with Crippen LogP contribution in [0.2, 0.25) is 0 Å². The zero-order chi connectivity index (χ0) is 9.71. The van der Waals surface area contributed by atoms with Gasteiger partial charge in [-0.25, -0.2) is 0 Å². The van der Waals surface area contributed by atoms with E-state index >= 15 is 0 Å². The van der Waals surface area contributed by atoms with Gasteiger partial charge < -0.3 is 4.90 Å². The highest BCUT2D eigenvalue weighted by atomic mass is 15.2. The third kappa shape index (κ3) is 1.11. The molecule has 0 bridgehead atoms. The summed E-state index contributed by atoms with van der Waals surface area (Å²) < 4.78 is 0. The van der Waals surface area contributed by atoms with Crippen molar-refractivity contribution in [1.82, 2.24) is 4.90 Å². The summed E-state index contributed by atoms with van der Waals surface area (Å²) in [5.74, 6) is 3.22. The van der Waals surface area contributed by atoms with Crippen LogP contribution >= 0.6 is 0 Å². The molecule has 5 atom stereocenters. The summed E-state index contributed by atoms with van der Waals surface area (Å²) in [6.45, 7) is 2.46. The molecule has 1 heterocycles. The van der Waals surface area contributed by atoms with E-state index in [0.717, 1.165) is 29.8 Å². The van der Waals surface area contributed by atoms with E-state index in [4.69, 9.17) is 0 Å². The Kier molecular flexibility index (Phi) is 2.12. The Hall–Kier alpha value is -0.0400. The lowest BCUT2D eigenvalue weighted by Crippen LogP contribution is -2.38. The maximum atomic E-state index is 2.70. The fourth-order valence-corrected chi connectivity index (χ4v) is 4.71. The van der Waals surface area contributed by atoms with E-state index in [2.05, 4.69) is 18.9 Å². The normalized spacial score (nSPS) is 53.1. The van der Waals surface area contributed by atoms with Gasteiger partial charge >= 0.3 is 0 Å². The van der Waals surface area contributed by atoms with Crippen LogP contribution in [0.15, 0.2) is 0 Å². The maximum absolute atomic E-state index is 2.70. The highest BCUT2D eigenvalue weighted by Gasteiger charge is 2.50. The molecular formula is C13H23N. The summed E-state index contributed by atoms with van der Waals surface area (Å²) in [5.41, 5.74) is 0. The third-order valence-electron chi connectivity index (χ3n) is 5.46. The van der Waals surface area contributed by atoms with Gasteiger partial charge in [0.1, 0.15) is 0 Å². The van der Waals surface area contributed by atoms with Crippen molar-refractivity contribution in [2.45, 2.75) is 57.5 Å². The zero-order valence-electron chi connectivity index (χ0n) is 9.58. The standard InChI is InChI=1S/C13H23N/c1-9-11-7-3-5-10-6-4-8-12(13(10)11)14(9)2/h9-13H,3-8H2,1-2H3. The molecule has 1 heteroatoms. The highest BCUT2D eigenvalue weighted by molar-refractivity contribution is 5.03. The molecule has 0 aromatic rings. The van der Waals surface area contributed by atoms with Crippen LogP contribution in [0.5, 0.6) is 0 Å². The quantitative estimate of drug-likeness (QED) is 0.572. The summed E-state index contributed by atoms with van der Waals surface area (Å²) in [6.07, 6.45) is 9.09. The van der Waals surface area contributed by atoms with E-state index in [1.165, 1.54) is 38.5 Å². The Bertz CT molecular complexity index is 203. The predicted octanol–water partition coefficient (Wildman–Crippen LogP) is 2.91. The minimum atomic E-state index is 0.867. The first kappa shape index (κ1) is 9.21. The van der Waals surface area contributed by atoms with Crippen molar-refractivity contribution >= 4 is 0 Å². The fraction of sp³-hybridized carbons (Fsp3) is 1.00. The molecule has 0 aromatic heterocycles. The monoisotopic (exact) mass is 193 g/mol. The Morgan fingerprint density at radius 1 is 1.00 bits per heavy atom. The van der Waals surface area contributed by atoms with Gasteiger partial charge in [0, 0.05) is 12.1 Å². The molecular weight excluding hydrogens is 170 g/mol. The number of nitrogens with zero attached hydrogens (tertiary/aromatic N) is 1. The van der Waals surface area contributed by atoms with Crippen LogP contribution in [0.25, 0.3) is 0 Å². The SMILES string of the molecule is CC1C2CCCC3CCCC(C32)N1C. The molecule has 0 spiro atoms. The van der Waals surface area contributed by atoms with Crippen molar-refractivity contribution in [1.29, 1.82) is 0 Å². The first-order valence-corrected chi connectivity index (χ1v) is 6.51. The molecule has 0 radical (unpaired) electrons. The van der Waals surface area contributed by atoms with Gasteiger partial charge in [-0.3, -0.25) is 0 Å². The van der Waals surface area contributed by atoms with Gasteiger partial charge in [-0.1, -0.05) is 25.7 Å². The summed E-state index contributed by atoms with van der Waals surface area (Å²) in [4.78, 5) is 2.70. The first-order valence-electron chi connectivity index (χ1n) is 6.51. The summed E-state index contributed by atoms with van der Waals surface area (Å²) in [5, 5.41) is 0. The molecule has 2 saturated carbocycles. The molecule has 3 rings (SSSR count). The van der Waals surface area contributed by atoms with Gasteiger partial charge in [-0.15, -0.1) is 0 Å². The van der Waals surface area contributed by atoms with Crippen molar-refractivity contribution < 1.29 is 0 Å². The molecule has 5 unspecified atom stereocenters. The topological polar surface area (TPSA) is 3.24 Å². The van der Waals surface area contributed by atoms with Crippen molar-refractivity contribution in [3.05, 3.63) is 0 Å². The smallest absolute Gasteiger partial charge is 0.0129 e. The Balaban J connectivity index is 1.90. The minimum Gasteiger partial charge on any atom is -0.300 e. The van der Waals surface area contributed by atoms with E-state index in [1.54, 1.807) is 0 Å². The molecule has 14 heavy (non-hydrogen) atoms. The van der Waals surface area contributed by atoms with Gasteiger partial charge in [0.05, 0.1) is 0 Å². The van der Waals surface area contributed by atoms with Gasteiger partial charge in [0.25, 0.3) is 0 Å². The van der Waals surface area contributed by atoms with E-state index in [-0.39, 0.29) is 0 Å². The lowest BCUT2D eigenvalue weighted by Gasteiger charge is -2.41. The molecule has 2 aliphatic carbocycles. The number of likely N-dealkylation sites (tertiary alicyclic amines) is 1. The maximum Gasteiger partial charge on any atom is 0.0129 e. The third-order valence-corrected chi connectivity index (χ3v) is 5.46. The van der Waals surface area contributed by atoms with E-state index in [9.17, 15) is 0 Å². The number of hydrogen-bond acceptors (Lipinski definition) is 1. The fourth-order valence-electron chi connectivity index (χ4n) is 4.71. The molecule has 0 amide bonds. The number of rotatable bonds is 0. The van der Waals surface area contributed by atoms with Crippen LogP contribution in [-0.4, -0.2) is 24.0 Å². The van der Waals surface area contributed by atoms with Crippen LogP contribution in [0, 0.1) is 17.8 Å². The van der Waals surface area contributed by atoms with Gasteiger partial charge in [-0.05, 0) is 44.6 Å². The molecule has 0 N–H and O–H groups in total. The molecule has 80 valence electrons. The molecule has 1 aliphatic heterocycles.